The number of rotatable bonds is 3. The summed E-state index contributed by atoms with van der Waals surface area (Å²) in [6.45, 7) is 2.05. The predicted molar refractivity (Wildman–Crippen MR) is 88.9 cm³/mol. The van der Waals surface area contributed by atoms with Crippen LogP contribution in [-0.2, 0) is 5.41 Å². The Balaban J connectivity index is 2.01. The SMILES string of the molecule is Cc1cc(Br)c(C(O)C2(c3ccccc3)CC2)cc1Br. The van der Waals surface area contributed by atoms with Crippen molar-refractivity contribution >= 4 is 31.9 Å². The van der Waals surface area contributed by atoms with Crippen LogP contribution in [0.25, 0.3) is 0 Å². The van der Waals surface area contributed by atoms with Crippen LogP contribution in [0, 0.1) is 6.92 Å². The lowest BCUT2D eigenvalue weighted by Crippen LogP contribution is -2.18. The first kappa shape index (κ1) is 14.3. The van der Waals surface area contributed by atoms with Crippen molar-refractivity contribution < 1.29 is 5.11 Å². The van der Waals surface area contributed by atoms with Crippen molar-refractivity contribution in [1.82, 2.24) is 0 Å². The summed E-state index contributed by atoms with van der Waals surface area (Å²) in [4.78, 5) is 0. The van der Waals surface area contributed by atoms with Gasteiger partial charge in [-0.2, -0.15) is 0 Å². The van der Waals surface area contributed by atoms with Gasteiger partial charge in [0.15, 0.2) is 0 Å². The van der Waals surface area contributed by atoms with E-state index in [1.165, 1.54) is 5.56 Å². The fourth-order valence-electron chi connectivity index (χ4n) is 2.79. The number of aliphatic hydroxyl groups excluding tert-OH is 1. The molecule has 104 valence electrons. The largest absolute Gasteiger partial charge is 0.387 e. The Hall–Kier alpha value is -0.640. The van der Waals surface area contributed by atoms with Crippen molar-refractivity contribution in [1.29, 1.82) is 0 Å². The van der Waals surface area contributed by atoms with E-state index in [4.69, 9.17) is 0 Å². The second kappa shape index (κ2) is 5.28. The van der Waals surface area contributed by atoms with E-state index in [0.717, 1.165) is 32.9 Å². The van der Waals surface area contributed by atoms with Gasteiger partial charge in [0.2, 0.25) is 0 Å². The molecule has 0 aromatic heterocycles. The maximum absolute atomic E-state index is 10.9. The Morgan fingerprint density at radius 2 is 1.70 bits per heavy atom. The van der Waals surface area contributed by atoms with Crippen LogP contribution in [0.15, 0.2) is 51.4 Å². The van der Waals surface area contributed by atoms with E-state index >= 15 is 0 Å². The Kier molecular flexibility index (Phi) is 3.78. The fraction of sp³-hybridized carbons (Fsp3) is 0.294. The first-order valence-corrected chi connectivity index (χ1v) is 8.32. The van der Waals surface area contributed by atoms with Gasteiger partial charge in [0, 0.05) is 14.4 Å². The van der Waals surface area contributed by atoms with Gasteiger partial charge >= 0.3 is 0 Å². The molecule has 1 nitrogen and oxygen atoms in total. The topological polar surface area (TPSA) is 20.2 Å². The van der Waals surface area contributed by atoms with Crippen LogP contribution in [0.4, 0.5) is 0 Å². The number of hydrogen-bond acceptors (Lipinski definition) is 1. The second-order valence-electron chi connectivity index (χ2n) is 5.55. The minimum atomic E-state index is -0.476. The molecule has 20 heavy (non-hydrogen) atoms. The molecule has 1 atom stereocenters. The molecule has 0 spiro atoms. The van der Waals surface area contributed by atoms with E-state index in [2.05, 4.69) is 57.0 Å². The van der Waals surface area contributed by atoms with Crippen molar-refractivity contribution in [2.45, 2.75) is 31.3 Å². The number of hydrogen-bond donors (Lipinski definition) is 1. The van der Waals surface area contributed by atoms with Crippen LogP contribution < -0.4 is 0 Å². The highest BCUT2D eigenvalue weighted by atomic mass is 79.9. The number of benzene rings is 2. The maximum atomic E-state index is 10.9. The molecule has 3 rings (SSSR count). The van der Waals surface area contributed by atoms with Gasteiger partial charge in [-0.3, -0.25) is 0 Å². The Morgan fingerprint density at radius 1 is 1.05 bits per heavy atom. The quantitative estimate of drug-likeness (QED) is 0.748. The van der Waals surface area contributed by atoms with E-state index in [1.54, 1.807) is 0 Å². The van der Waals surface area contributed by atoms with Gasteiger partial charge in [-0.1, -0.05) is 62.2 Å². The molecule has 2 aromatic carbocycles. The minimum Gasteiger partial charge on any atom is -0.387 e. The van der Waals surface area contributed by atoms with Crippen molar-refractivity contribution in [2.24, 2.45) is 0 Å². The molecule has 1 N–H and O–H groups in total. The van der Waals surface area contributed by atoms with Gasteiger partial charge in [0.05, 0.1) is 6.10 Å². The number of halogens is 2. The van der Waals surface area contributed by atoms with E-state index in [9.17, 15) is 5.11 Å². The van der Waals surface area contributed by atoms with Gasteiger partial charge in [0.1, 0.15) is 0 Å². The molecule has 1 unspecified atom stereocenters. The summed E-state index contributed by atoms with van der Waals surface area (Å²) in [6, 6.07) is 14.4. The van der Waals surface area contributed by atoms with E-state index < -0.39 is 6.10 Å². The molecule has 0 bridgehead atoms. The molecule has 0 saturated heterocycles. The third-order valence-corrected chi connectivity index (χ3v) is 5.77. The normalized spacial score (nSPS) is 17.8. The zero-order valence-corrected chi connectivity index (χ0v) is 14.4. The summed E-state index contributed by atoms with van der Waals surface area (Å²) in [7, 11) is 0. The summed E-state index contributed by atoms with van der Waals surface area (Å²) in [6.07, 6.45) is 1.60. The summed E-state index contributed by atoms with van der Waals surface area (Å²) < 4.78 is 2.02. The highest BCUT2D eigenvalue weighted by molar-refractivity contribution is 9.11. The standard InChI is InChI=1S/C17H16Br2O/c1-11-9-15(19)13(10-14(11)18)16(20)17(7-8-17)12-5-3-2-4-6-12/h2-6,9-10,16,20H,7-8H2,1H3. The molecule has 1 fully saturated rings. The third kappa shape index (κ3) is 2.36. The van der Waals surface area contributed by atoms with Crippen LogP contribution in [0.5, 0.6) is 0 Å². The lowest BCUT2D eigenvalue weighted by Gasteiger charge is -2.24. The zero-order chi connectivity index (χ0) is 14.3. The molecule has 2 aromatic rings. The van der Waals surface area contributed by atoms with Gasteiger partial charge in [-0.25, -0.2) is 0 Å². The third-order valence-electron chi connectivity index (χ3n) is 4.23. The molecule has 0 amide bonds. The molecular formula is C17H16Br2O. The Bertz CT molecular complexity index is 633. The molecular weight excluding hydrogens is 380 g/mol. The van der Waals surface area contributed by atoms with Crippen molar-refractivity contribution in [2.75, 3.05) is 0 Å². The van der Waals surface area contributed by atoms with Crippen LogP contribution in [0.3, 0.4) is 0 Å². The first-order chi connectivity index (χ1) is 9.54. The summed E-state index contributed by atoms with van der Waals surface area (Å²) in [5.41, 5.74) is 3.25. The fourth-order valence-corrected chi connectivity index (χ4v) is 3.83. The van der Waals surface area contributed by atoms with Gasteiger partial charge in [0.25, 0.3) is 0 Å². The first-order valence-electron chi connectivity index (χ1n) is 6.74. The van der Waals surface area contributed by atoms with Gasteiger partial charge in [-0.15, -0.1) is 0 Å². The van der Waals surface area contributed by atoms with E-state index in [1.807, 2.05) is 24.3 Å². The van der Waals surface area contributed by atoms with Crippen LogP contribution in [0.1, 0.15) is 35.6 Å². The maximum Gasteiger partial charge on any atom is 0.0897 e. The van der Waals surface area contributed by atoms with E-state index in [0.29, 0.717) is 0 Å². The van der Waals surface area contributed by atoms with Gasteiger partial charge in [-0.05, 0) is 48.6 Å². The molecule has 1 aliphatic rings. The predicted octanol–water partition coefficient (Wildman–Crippen LogP) is 5.29. The van der Waals surface area contributed by atoms with Crippen molar-refractivity contribution in [3.8, 4) is 0 Å². The van der Waals surface area contributed by atoms with Crippen LogP contribution in [-0.4, -0.2) is 5.11 Å². The second-order valence-corrected chi connectivity index (χ2v) is 7.26. The molecule has 0 heterocycles. The highest BCUT2D eigenvalue weighted by Gasteiger charge is 2.51. The van der Waals surface area contributed by atoms with Gasteiger partial charge < -0.3 is 5.11 Å². The van der Waals surface area contributed by atoms with Crippen LogP contribution in [0.2, 0.25) is 0 Å². The highest BCUT2D eigenvalue weighted by Crippen LogP contribution is 2.57. The molecule has 3 heteroatoms. The van der Waals surface area contributed by atoms with Crippen LogP contribution >= 0.6 is 31.9 Å². The Labute approximate surface area is 136 Å². The zero-order valence-electron chi connectivity index (χ0n) is 11.2. The molecule has 1 aliphatic carbocycles. The summed E-state index contributed by atoms with van der Waals surface area (Å²) in [5.74, 6) is 0. The Morgan fingerprint density at radius 3 is 2.30 bits per heavy atom. The summed E-state index contributed by atoms with van der Waals surface area (Å²) >= 11 is 7.15. The van der Waals surface area contributed by atoms with Crippen molar-refractivity contribution in [3.63, 3.8) is 0 Å². The number of aryl methyl sites for hydroxylation is 1. The van der Waals surface area contributed by atoms with E-state index in [-0.39, 0.29) is 5.41 Å². The van der Waals surface area contributed by atoms with Crippen molar-refractivity contribution in [3.05, 3.63) is 68.1 Å². The lowest BCUT2D eigenvalue weighted by molar-refractivity contribution is 0.132. The molecule has 1 saturated carbocycles. The minimum absolute atomic E-state index is 0.113. The average Bonchev–Trinajstić information content (AvgIpc) is 3.25. The average molecular weight is 396 g/mol. The summed E-state index contributed by atoms with van der Waals surface area (Å²) in [5, 5.41) is 10.9. The number of aliphatic hydroxyl groups is 1. The molecule has 0 aliphatic heterocycles. The lowest BCUT2D eigenvalue weighted by atomic mass is 9.86. The molecule has 0 radical (unpaired) electrons. The monoisotopic (exact) mass is 394 g/mol. The smallest absolute Gasteiger partial charge is 0.0897 e.